The Hall–Kier alpha value is -3.67. The van der Waals surface area contributed by atoms with E-state index >= 15 is 0 Å². The van der Waals surface area contributed by atoms with Crippen molar-refractivity contribution in [3.05, 3.63) is 29.3 Å². The number of esters is 2. The van der Waals surface area contributed by atoms with Crippen LogP contribution in [0.1, 0.15) is 31.1 Å². The molecule has 1 fully saturated rings. The molecule has 2 aromatic rings. The molecule has 12 heteroatoms. The first kappa shape index (κ1) is 23.0. The fourth-order valence-electron chi connectivity index (χ4n) is 2.91. The third kappa shape index (κ3) is 4.80. The second-order valence-electron chi connectivity index (χ2n) is 7.21. The smallest absolute Gasteiger partial charge is 0.341 e. The maximum atomic E-state index is 12.4. The summed E-state index contributed by atoms with van der Waals surface area (Å²) >= 11 is 1.08. The number of imide groups is 1. The quantitative estimate of drug-likeness (QED) is 0.447. The zero-order valence-electron chi connectivity index (χ0n) is 17.6. The Morgan fingerprint density at radius 3 is 2.59 bits per heavy atom. The van der Waals surface area contributed by atoms with Crippen molar-refractivity contribution in [3.8, 4) is 11.3 Å². The van der Waals surface area contributed by atoms with Crippen molar-refractivity contribution in [3.63, 3.8) is 0 Å². The lowest BCUT2D eigenvalue weighted by molar-refractivity contribution is -0.150. The number of carbonyl (C=O) groups excluding carboxylic acids is 5. The number of amides is 4. The van der Waals surface area contributed by atoms with Crippen LogP contribution in [0, 0.1) is 0 Å². The van der Waals surface area contributed by atoms with Gasteiger partial charge in [-0.15, -0.1) is 11.3 Å². The van der Waals surface area contributed by atoms with Gasteiger partial charge in [-0.3, -0.25) is 19.3 Å². The number of hydrogen-bond donors (Lipinski definition) is 2. The number of urea groups is 1. The number of thiophene rings is 1. The molecule has 32 heavy (non-hydrogen) atoms. The molecule has 0 unspecified atom stereocenters. The van der Waals surface area contributed by atoms with Crippen molar-refractivity contribution in [2.24, 2.45) is 0 Å². The molecule has 3 rings (SSSR count). The third-order valence-corrected chi connectivity index (χ3v) is 5.30. The summed E-state index contributed by atoms with van der Waals surface area (Å²) in [5.74, 6) is -2.45. The van der Waals surface area contributed by atoms with Crippen molar-refractivity contribution in [2.45, 2.75) is 26.3 Å². The molecule has 0 radical (unpaired) electrons. The molecular weight excluding hydrogens is 442 g/mol. The van der Waals surface area contributed by atoms with Crippen molar-refractivity contribution in [1.29, 1.82) is 0 Å². The van der Waals surface area contributed by atoms with Gasteiger partial charge in [-0.2, -0.15) is 0 Å². The maximum absolute atomic E-state index is 12.4. The predicted octanol–water partition coefficient (Wildman–Crippen LogP) is 2.00. The summed E-state index contributed by atoms with van der Waals surface area (Å²) in [6.07, 6.45) is 1.45. The molecule has 1 saturated heterocycles. The van der Waals surface area contributed by atoms with E-state index in [2.05, 4.69) is 10.6 Å². The number of hydrogen-bond acceptors (Lipinski definition) is 9. The number of carbonyl (C=O) groups is 5. The lowest BCUT2D eigenvalue weighted by Gasteiger charge is -2.15. The standard InChI is InChI=1S/C20H21N3O8S/c1-4-29-17(26)15-11(12-6-5-7-30-12)10-32-16(15)21-13(24)9-31-14(25)8-23-18(27)20(2,3)22-19(23)28/h5-7,10H,4,8-9H2,1-3H3,(H,21,24)(H,22,28). The van der Waals surface area contributed by atoms with Gasteiger partial charge in [0, 0.05) is 10.9 Å². The van der Waals surface area contributed by atoms with Crippen molar-refractivity contribution >= 4 is 46.1 Å². The van der Waals surface area contributed by atoms with Crippen LogP contribution in [0.2, 0.25) is 0 Å². The second kappa shape index (κ2) is 9.22. The Morgan fingerprint density at radius 2 is 2.00 bits per heavy atom. The Kier molecular flexibility index (Phi) is 6.63. The summed E-state index contributed by atoms with van der Waals surface area (Å²) in [6.45, 7) is 3.49. The highest BCUT2D eigenvalue weighted by atomic mass is 32.1. The molecule has 3 heterocycles. The first-order chi connectivity index (χ1) is 15.1. The Balaban J connectivity index is 1.63. The van der Waals surface area contributed by atoms with Crippen LogP contribution in [0.4, 0.5) is 9.80 Å². The minimum absolute atomic E-state index is 0.119. The van der Waals surface area contributed by atoms with Crippen LogP contribution in [0.5, 0.6) is 0 Å². The minimum atomic E-state index is -1.12. The van der Waals surface area contributed by atoms with E-state index < -0.39 is 48.5 Å². The Morgan fingerprint density at radius 1 is 1.25 bits per heavy atom. The molecule has 2 aromatic heterocycles. The minimum Gasteiger partial charge on any atom is -0.464 e. The van der Waals surface area contributed by atoms with Gasteiger partial charge in [0.05, 0.1) is 12.9 Å². The molecule has 0 atom stereocenters. The van der Waals surface area contributed by atoms with Crippen LogP contribution >= 0.6 is 11.3 Å². The van der Waals surface area contributed by atoms with Gasteiger partial charge in [0.25, 0.3) is 11.8 Å². The molecule has 0 aromatic carbocycles. The topological polar surface area (TPSA) is 144 Å². The number of anilines is 1. The van der Waals surface area contributed by atoms with Crippen LogP contribution in [0.3, 0.4) is 0 Å². The van der Waals surface area contributed by atoms with E-state index in [9.17, 15) is 24.0 Å². The van der Waals surface area contributed by atoms with Gasteiger partial charge < -0.3 is 24.5 Å². The zero-order chi connectivity index (χ0) is 23.5. The lowest BCUT2D eigenvalue weighted by Crippen LogP contribution is -2.41. The third-order valence-electron chi connectivity index (χ3n) is 4.41. The fourth-order valence-corrected chi connectivity index (χ4v) is 3.87. The molecule has 11 nitrogen and oxygen atoms in total. The summed E-state index contributed by atoms with van der Waals surface area (Å²) in [7, 11) is 0. The van der Waals surface area contributed by atoms with Gasteiger partial charge in [-0.1, -0.05) is 0 Å². The van der Waals surface area contributed by atoms with Crippen LogP contribution in [0.25, 0.3) is 11.3 Å². The van der Waals surface area contributed by atoms with Crippen LogP contribution < -0.4 is 10.6 Å². The highest BCUT2D eigenvalue weighted by molar-refractivity contribution is 7.15. The van der Waals surface area contributed by atoms with Crippen LogP contribution in [-0.2, 0) is 23.9 Å². The molecular formula is C20H21N3O8S. The molecule has 1 aliphatic heterocycles. The number of ether oxygens (including phenoxy) is 2. The first-order valence-electron chi connectivity index (χ1n) is 9.56. The second-order valence-corrected chi connectivity index (χ2v) is 8.09. The van der Waals surface area contributed by atoms with E-state index in [-0.39, 0.29) is 17.2 Å². The summed E-state index contributed by atoms with van der Waals surface area (Å²) in [5, 5.41) is 6.78. The van der Waals surface area contributed by atoms with E-state index in [4.69, 9.17) is 13.9 Å². The van der Waals surface area contributed by atoms with E-state index in [0.29, 0.717) is 16.2 Å². The number of nitrogens with one attached hydrogen (secondary N) is 2. The SMILES string of the molecule is CCOC(=O)c1c(-c2ccco2)csc1NC(=O)COC(=O)CN1C(=O)NC(C)(C)C1=O. The summed E-state index contributed by atoms with van der Waals surface area (Å²) in [5.41, 5.74) is -0.553. The van der Waals surface area contributed by atoms with Gasteiger partial charge in [0.2, 0.25) is 0 Å². The molecule has 4 amide bonds. The van der Waals surface area contributed by atoms with E-state index in [1.807, 2.05) is 0 Å². The van der Waals surface area contributed by atoms with Gasteiger partial charge in [0.15, 0.2) is 6.61 Å². The molecule has 0 spiro atoms. The average molecular weight is 463 g/mol. The Bertz CT molecular complexity index is 1060. The number of furan rings is 1. The van der Waals surface area contributed by atoms with Gasteiger partial charge in [-0.05, 0) is 32.9 Å². The lowest BCUT2D eigenvalue weighted by atomic mass is 10.1. The fraction of sp³-hybridized carbons (Fsp3) is 0.350. The van der Waals surface area contributed by atoms with E-state index in [1.54, 1.807) is 24.4 Å². The van der Waals surface area contributed by atoms with Crippen LogP contribution in [-0.4, -0.2) is 60.0 Å². The average Bonchev–Trinajstić information content (AvgIpc) is 3.42. The highest BCUT2D eigenvalue weighted by Gasteiger charge is 2.45. The normalized spacial score (nSPS) is 14.8. The summed E-state index contributed by atoms with van der Waals surface area (Å²) in [6, 6.07) is 2.60. The molecule has 170 valence electrons. The molecule has 0 saturated carbocycles. The van der Waals surface area contributed by atoms with E-state index in [1.165, 1.54) is 20.1 Å². The van der Waals surface area contributed by atoms with Crippen molar-refractivity contribution in [2.75, 3.05) is 25.1 Å². The van der Waals surface area contributed by atoms with Gasteiger partial charge in [-0.25, -0.2) is 9.59 Å². The van der Waals surface area contributed by atoms with E-state index in [0.717, 1.165) is 11.3 Å². The van der Waals surface area contributed by atoms with Gasteiger partial charge in [0.1, 0.15) is 28.4 Å². The van der Waals surface area contributed by atoms with Gasteiger partial charge >= 0.3 is 18.0 Å². The highest BCUT2D eigenvalue weighted by Crippen LogP contribution is 2.36. The van der Waals surface area contributed by atoms with Crippen molar-refractivity contribution < 1.29 is 37.9 Å². The largest absolute Gasteiger partial charge is 0.464 e. The molecule has 0 aliphatic carbocycles. The monoisotopic (exact) mass is 463 g/mol. The first-order valence-corrected chi connectivity index (χ1v) is 10.4. The summed E-state index contributed by atoms with van der Waals surface area (Å²) < 4.78 is 15.3. The Labute approximate surface area is 186 Å². The van der Waals surface area contributed by atoms with Crippen molar-refractivity contribution in [1.82, 2.24) is 10.2 Å². The maximum Gasteiger partial charge on any atom is 0.341 e. The van der Waals surface area contributed by atoms with Crippen LogP contribution in [0.15, 0.2) is 28.2 Å². The number of nitrogens with zero attached hydrogens (tertiary/aromatic N) is 1. The predicted molar refractivity (Wildman–Crippen MR) is 112 cm³/mol. The number of rotatable bonds is 8. The molecule has 0 bridgehead atoms. The molecule has 1 aliphatic rings. The molecule has 2 N–H and O–H groups in total. The summed E-state index contributed by atoms with van der Waals surface area (Å²) in [4.78, 5) is 61.4. The zero-order valence-corrected chi connectivity index (χ0v) is 18.4.